The summed E-state index contributed by atoms with van der Waals surface area (Å²) in [5, 5.41) is 6.57. The molecule has 2 bridgehead atoms. The summed E-state index contributed by atoms with van der Waals surface area (Å²) in [5.74, 6) is 1.89. The molecule has 0 radical (unpaired) electrons. The number of carbonyl (C=O) groups is 1. The van der Waals surface area contributed by atoms with Gasteiger partial charge in [0.2, 0.25) is 0 Å². The largest absolute Gasteiger partial charge is 0.444 e. The number of hydrogen-bond donors (Lipinski definition) is 2. The van der Waals surface area contributed by atoms with Gasteiger partial charge in [0.25, 0.3) is 0 Å². The van der Waals surface area contributed by atoms with Gasteiger partial charge in [-0.25, -0.2) is 4.79 Å². The average Bonchev–Trinajstić information content (AvgIpc) is 2.87. The highest BCUT2D eigenvalue weighted by molar-refractivity contribution is 5.67. The SMILES string of the molecule is CC(CCNC1CC2CCC1C2)NC(=O)OC(C)(C)C. The third-order valence-corrected chi connectivity index (χ3v) is 4.49. The van der Waals surface area contributed by atoms with Crippen LogP contribution >= 0.6 is 0 Å². The Bertz CT molecular complexity index is 338. The number of rotatable bonds is 5. The smallest absolute Gasteiger partial charge is 0.407 e. The second-order valence-electron chi connectivity index (χ2n) is 7.57. The van der Waals surface area contributed by atoms with Crippen LogP contribution in [0.3, 0.4) is 0 Å². The third kappa shape index (κ3) is 4.65. The first-order chi connectivity index (χ1) is 9.33. The fraction of sp³-hybridized carbons (Fsp3) is 0.938. The Morgan fingerprint density at radius 1 is 1.30 bits per heavy atom. The van der Waals surface area contributed by atoms with E-state index < -0.39 is 5.60 Å². The molecule has 4 heteroatoms. The van der Waals surface area contributed by atoms with Crippen LogP contribution in [0.15, 0.2) is 0 Å². The molecule has 2 saturated carbocycles. The van der Waals surface area contributed by atoms with Crippen molar-refractivity contribution in [3.63, 3.8) is 0 Å². The van der Waals surface area contributed by atoms with E-state index in [0.717, 1.165) is 30.8 Å². The molecule has 2 aliphatic rings. The zero-order valence-electron chi connectivity index (χ0n) is 13.4. The molecule has 2 rings (SSSR count). The highest BCUT2D eigenvalue weighted by Gasteiger charge is 2.38. The molecule has 0 aromatic heterocycles. The Balaban J connectivity index is 1.58. The van der Waals surface area contributed by atoms with Crippen molar-refractivity contribution in [2.75, 3.05) is 6.54 Å². The molecule has 1 amide bonds. The summed E-state index contributed by atoms with van der Waals surface area (Å²) in [7, 11) is 0. The number of ether oxygens (including phenoxy) is 1. The topological polar surface area (TPSA) is 50.4 Å². The maximum absolute atomic E-state index is 11.6. The Hall–Kier alpha value is -0.770. The normalized spacial score (nSPS) is 30.3. The zero-order chi connectivity index (χ0) is 14.8. The Kier molecular flexibility index (Phi) is 4.95. The molecule has 0 spiro atoms. The monoisotopic (exact) mass is 282 g/mol. The van der Waals surface area contributed by atoms with Crippen LogP contribution in [0.1, 0.15) is 59.8 Å². The quantitative estimate of drug-likeness (QED) is 0.815. The summed E-state index contributed by atoms with van der Waals surface area (Å²) in [6, 6.07) is 0.874. The van der Waals surface area contributed by atoms with Gasteiger partial charge >= 0.3 is 6.09 Å². The predicted molar refractivity (Wildman–Crippen MR) is 80.7 cm³/mol. The lowest BCUT2D eigenvalue weighted by Crippen LogP contribution is -2.41. The summed E-state index contributed by atoms with van der Waals surface area (Å²) < 4.78 is 5.26. The van der Waals surface area contributed by atoms with Gasteiger partial charge in [-0.15, -0.1) is 0 Å². The number of carbonyl (C=O) groups excluding carboxylic acids is 1. The Morgan fingerprint density at radius 3 is 2.60 bits per heavy atom. The van der Waals surface area contributed by atoms with E-state index in [9.17, 15) is 4.79 Å². The molecule has 0 aromatic rings. The van der Waals surface area contributed by atoms with Crippen LogP contribution in [0.2, 0.25) is 0 Å². The van der Waals surface area contributed by atoms with Crippen molar-refractivity contribution < 1.29 is 9.53 Å². The fourth-order valence-corrected chi connectivity index (χ4v) is 3.56. The summed E-state index contributed by atoms with van der Waals surface area (Å²) in [6.45, 7) is 8.66. The second-order valence-corrected chi connectivity index (χ2v) is 7.57. The number of fused-ring (bicyclic) bond motifs is 2. The molecule has 2 aliphatic carbocycles. The van der Waals surface area contributed by atoms with E-state index in [1.54, 1.807) is 0 Å². The summed E-state index contributed by atoms with van der Waals surface area (Å²) in [4.78, 5) is 11.6. The maximum atomic E-state index is 11.6. The first-order valence-corrected chi connectivity index (χ1v) is 8.06. The number of amides is 1. The minimum absolute atomic E-state index is 0.149. The summed E-state index contributed by atoms with van der Waals surface area (Å²) in [6.07, 6.45) is 6.28. The number of nitrogens with one attached hydrogen (secondary N) is 2. The van der Waals surface area contributed by atoms with Crippen LogP contribution in [0, 0.1) is 11.8 Å². The molecule has 4 nitrogen and oxygen atoms in total. The van der Waals surface area contributed by atoms with Gasteiger partial charge in [0.15, 0.2) is 0 Å². The van der Waals surface area contributed by atoms with Crippen LogP contribution in [0.5, 0.6) is 0 Å². The van der Waals surface area contributed by atoms with Crippen molar-refractivity contribution in [1.29, 1.82) is 0 Å². The molecule has 4 unspecified atom stereocenters. The summed E-state index contributed by atoms with van der Waals surface area (Å²) >= 11 is 0. The van der Waals surface area contributed by atoms with Crippen LogP contribution in [0.25, 0.3) is 0 Å². The van der Waals surface area contributed by atoms with E-state index in [0.29, 0.717) is 0 Å². The highest BCUT2D eigenvalue weighted by Crippen LogP contribution is 2.44. The van der Waals surface area contributed by atoms with E-state index in [1.807, 2.05) is 27.7 Å². The number of hydrogen-bond acceptors (Lipinski definition) is 3. The second kappa shape index (κ2) is 6.33. The first-order valence-electron chi connectivity index (χ1n) is 8.06. The van der Waals surface area contributed by atoms with Gasteiger partial charge in [-0.3, -0.25) is 0 Å². The Morgan fingerprint density at radius 2 is 2.05 bits per heavy atom. The van der Waals surface area contributed by atoms with Crippen molar-refractivity contribution >= 4 is 6.09 Å². The molecule has 0 heterocycles. The van der Waals surface area contributed by atoms with Gasteiger partial charge in [-0.1, -0.05) is 6.42 Å². The minimum Gasteiger partial charge on any atom is -0.444 e. The molecule has 0 aromatic carbocycles. The molecule has 2 N–H and O–H groups in total. The molecule has 116 valence electrons. The number of alkyl carbamates (subject to hydrolysis) is 1. The van der Waals surface area contributed by atoms with E-state index >= 15 is 0 Å². The molecule has 0 saturated heterocycles. The molecule has 20 heavy (non-hydrogen) atoms. The van der Waals surface area contributed by atoms with Crippen molar-refractivity contribution in [3.05, 3.63) is 0 Å². The molecule has 0 aliphatic heterocycles. The van der Waals surface area contributed by atoms with Crippen LogP contribution in [0.4, 0.5) is 4.79 Å². The van der Waals surface area contributed by atoms with Crippen LogP contribution in [-0.2, 0) is 4.74 Å². The molecule has 4 atom stereocenters. The van der Waals surface area contributed by atoms with Gasteiger partial charge in [-0.2, -0.15) is 0 Å². The van der Waals surface area contributed by atoms with E-state index in [1.165, 1.54) is 25.7 Å². The van der Waals surface area contributed by atoms with E-state index in [-0.39, 0.29) is 12.1 Å². The van der Waals surface area contributed by atoms with Gasteiger partial charge in [0.1, 0.15) is 5.60 Å². The van der Waals surface area contributed by atoms with Crippen LogP contribution in [-0.4, -0.2) is 30.3 Å². The first kappa shape index (κ1) is 15.6. The van der Waals surface area contributed by atoms with Crippen molar-refractivity contribution in [3.8, 4) is 0 Å². The molecular formula is C16H30N2O2. The Labute approximate surface area is 123 Å². The van der Waals surface area contributed by atoms with Gasteiger partial charge in [0.05, 0.1) is 0 Å². The lowest BCUT2D eigenvalue weighted by Gasteiger charge is -2.25. The standard InChI is InChI=1S/C16H30N2O2/c1-11(18-15(19)20-16(2,3)4)7-8-17-14-10-12-5-6-13(14)9-12/h11-14,17H,5-10H2,1-4H3,(H,18,19). The van der Waals surface area contributed by atoms with Crippen molar-refractivity contribution in [1.82, 2.24) is 10.6 Å². The molecule has 2 fully saturated rings. The van der Waals surface area contributed by atoms with Gasteiger partial charge < -0.3 is 15.4 Å². The summed E-state index contributed by atoms with van der Waals surface area (Å²) in [5.41, 5.74) is -0.425. The lowest BCUT2D eigenvalue weighted by molar-refractivity contribution is 0.0506. The predicted octanol–water partition coefficient (Wildman–Crippen LogP) is 3.07. The van der Waals surface area contributed by atoms with E-state index in [4.69, 9.17) is 4.74 Å². The van der Waals surface area contributed by atoms with Crippen molar-refractivity contribution in [2.45, 2.75) is 77.5 Å². The van der Waals surface area contributed by atoms with E-state index in [2.05, 4.69) is 10.6 Å². The third-order valence-electron chi connectivity index (χ3n) is 4.49. The lowest BCUT2D eigenvalue weighted by atomic mass is 9.95. The van der Waals surface area contributed by atoms with Crippen molar-refractivity contribution in [2.24, 2.45) is 11.8 Å². The van der Waals surface area contributed by atoms with Crippen LogP contribution < -0.4 is 10.6 Å². The van der Waals surface area contributed by atoms with Gasteiger partial charge in [-0.05, 0) is 71.8 Å². The zero-order valence-corrected chi connectivity index (χ0v) is 13.4. The van der Waals surface area contributed by atoms with Gasteiger partial charge in [0, 0.05) is 12.1 Å². The molecular weight excluding hydrogens is 252 g/mol. The average molecular weight is 282 g/mol. The highest BCUT2D eigenvalue weighted by atomic mass is 16.6. The fourth-order valence-electron chi connectivity index (χ4n) is 3.56. The maximum Gasteiger partial charge on any atom is 0.407 e. The minimum atomic E-state index is -0.425.